The largest absolute Gasteiger partial charge is 0.495 e. The molecule has 2 N–H and O–H groups in total. The number of hydrogen-bond donors (Lipinski definition) is 2. The molecular weight excluding hydrogens is 446 g/mol. The summed E-state index contributed by atoms with van der Waals surface area (Å²) in [6, 6.07) is 14.2. The molecule has 4 rings (SSSR count). The molecule has 1 atom stereocenters. The Labute approximate surface area is 207 Å². The molecule has 3 aromatic rings. The number of rotatable bonds is 7. The van der Waals surface area contributed by atoms with Gasteiger partial charge in [0.2, 0.25) is 5.95 Å². The molecule has 7 heteroatoms. The number of anilines is 4. The second kappa shape index (κ2) is 11.1. The number of aryl methyl sites for hydroxylation is 1. The summed E-state index contributed by atoms with van der Waals surface area (Å²) in [5, 5.41) is 7.30. The van der Waals surface area contributed by atoms with E-state index >= 15 is 0 Å². The Bertz CT molecular complexity index is 1120. The molecule has 2 aromatic carbocycles. The van der Waals surface area contributed by atoms with E-state index in [1.165, 1.54) is 37.9 Å². The average molecular weight is 480 g/mol. The van der Waals surface area contributed by atoms with E-state index in [1.807, 2.05) is 26.0 Å². The summed E-state index contributed by atoms with van der Waals surface area (Å²) in [7, 11) is 3.83. The smallest absolute Gasteiger partial charge is 0.229 e. The number of ether oxygens (including phenoxy) is 1. The number of nitrogens with zero attached hydrogens (tertiary/aromatic N) is 3. The minimum atomic E-state index is 0.561. The standard InChI is InChI=1S/C27H34ClN5O/c1-18-19(2)29-27(32-26(18)30-23-11-12-24(28)25(17-23)34-4)31-22-9-7-21(8-10-22)16-20-6-5-14-33(3)15-13-20/h7-12,17,20H,5-6,13-16H2,1-4H3,(H2,29,30,31,32). The Morgan fingerprint density at radius 3 is 2.53 bits per heavy atom. The predicted molar refractivity (Wildman–Crippen MR) is 141 cm³/mol. The van der Waals surface area contributed by atoms with Gasteiger partial charge in [0, 0.05) is 28.7 Å². The number of hydrogen-bond acceptors (Lipinski definition) is 6. The van der Waals surface area contributed by atoms with Gasteiger partial charge in [-0.25, -0.2) is 4.98 Å². The Morgan fingerprint density at radius 2 is 1.76 bits per heavy atom. The van der Waals surface area contributed by atoms with Crippen LogP contribution in [0.3, 0.4) is 0 Å². The molecule has 0 spiro atoms. The van der Waals surface area contributed by atoms with Crippen LogP contribution in [0.15, 0.2) is 42.5 Å². The lowest BCUT2D eigenvalue weighted by Gasteiger charge is -2.16. The molecule has 6 nitrogen and oxygen atoms in total. The molecule has 0 aliphatic carbocycles. The van der Waals surface area contributed by atoms with Crippen molar-refractivity contribution in [3.63, 3.8) is 0 Å². The van der Waals surface area contributed by atoms with Crippen molar-refractivity contribution in [2.75, 3.05) is 37.9 Å². The molecule has 2 heterocycles. The SMILES string of the molecule is COc1cc(Nc2nc(Nc3ccc(CC4CCCN(C)CC4)cc3)nc(C)c2C)ccc1Cl. The number of nitrogens with one attached hydrogen (secondary N) is 2. The minimum Gasteiger partial charge on any atom is -0.495 e. The molecule has 0 saturated carbocycles. The van der Waals surface area contributed by atoms with Crippen molar-refractivity contribution in [2.45, 2.75) is 39.5 Å². The van der Waals surface area contributed by atoms with Crippen molar-refractivity contribution in [2.24, 2.45) is 5.92 Å². The fraction of sp³-hybridized carbons (Fsp3) is 0.407. The second-order valence-corrected chi connectivity index (χ2v) is 9.61. The van der Waals surface area contributed by atoms with E-state index in [-0.39, 0.29) is 0 Å². The quantitative estimate of drug-likeness (QED) is 0.402. The molecule has 0 bridgehead atoms. The summed E-state index contributed by atoms with van der Waals surface area (Å²) in [5.74, 6) is 2.69. The van der Waals surface area contributed by atoms with E-state index in [1.54, 1.807) is 13.2 Å². The highest BCUT2D eigenvalue weighted by Crippen LogP contribution is 2.30. The fourth-order valence-corrected chi connectivity index (χ4v) is 4.58. The van der Waals surface area contributed by atoms with Crippen LogP contribution in [0.1, 0.15) is 36.1 Å². The topological polar surface area (TPSA) is 62.3 Å². The number of benzene rings is 2. The van der Waals surface area contributed by atoms with Gasteiger partial charge in [0.05, 0.1) is 12.1 Å². The maximum absolute atomic E-state index is 6.16. The number of aromatic nitrogens is 2. The van der Waals surface area contributed by atoms with Crippen molar-refractivity contribution in [1.29, 1.82) is 0 Å². The lowest BCUT2D eigenvalue weighted by molar-refractivity contribution is 0.341. The summed E-state index contributed by atoms with van der Waals surface area (Å²) in [4.78, 5) is 11.8. The van der Waals surface area contributed by atoms with E-state index in [0.717, 1.165) is 40.8 Å². The highest BCUT2D eigenvalue weighted by Gasteiger charge is 2.15. The molecule has 1 saturated heterocycles. The lowest BCUT2D eigenvalue weighted by atomic mass is 9.93. The van der Waals surface area contributed by atoms with Gasteiger partial charge in [-0.1, -0.05) is 23.7 Å². The van der Waals surface area contributed by atoms with Crippen LogP contribution < -0.4 is 15.4 Å². The van der Waals surface area contributed by atoms with Crippen LogP contribution in [0.2, 0.25) is 5.02 Å². The highest BCUT2D eigenvalue weighted by atomic mass is 35.5. The Kier molecular flexibility index (Phi) is 7.91. The van der Waals surface area contributed by atoms with Crippen LogP contribution in [-0.4, -0.2) is 42.1 Å². The molecule has 1 unspecified atom stereocenters. The van der Waals surface area contributed by atoms with Gasteiger partial charge in [-0.05, 0) is 95.4 Å². The first-order chi connectivity index (χ1) is 16.4. The van der Waals surface area contributed by atoms with Crippen molar-refractivity contribution < 1.29 is 4.74 Å². The summed E-state index contributed by atoms with van der Waals surface area (Å²) in [6.45, 7) is 6.42. The molecule has 180 valence electrons. The third-order valence-electron chi connectivity index (χ3n) is 6.61. The molecular formula is C27H34ClN5O. The molecule has 0 amide bonds. The van der Waals surface area contributed by atoms with Crippen molar-refractivity contribution in [3.05, 3.63) is 64.3 Å². The van der Waals surface area contributed by atoms with Crippen LogP contribution in [0.4, 0.5) is 23.1 Å². The summed E-state index contributed by atoms with van der Waals surface area (Å²) < 4.78 is 5.33. The molecule has 0 radical (unpaired) electrons. The number of likely N-dealkylation sites (tertiary alicyclic amines) is 1. The minimum absolute atomic E-state index is 0.561. The van der Waals surface area contributed by atoms with Crippen molar-refractivity contribution in [3.8, 4) is 5.75 Å². The summed E-state index contributed by atoms with van der Waals surface area (Å²) >= 11 is 6.16. The van der Waals surface area contributed by atoms with Crippen LogP contribution in [0.5, 0.6) is 5.75 Å². The first-order valence-electron chi connectivity index (χ1n) is 11.9. The van der Waals surface area contributed by atoms with Gasteiger partial charge in [-0.3, -0.25) is 0 Å². The third-order valence-corrected chi connectivity index (χ3v) is 6.92. The van der Waals surface area contributed by atoms with Crippen LogP contribution >= 0.6 is 11.6 Å². The zero-order valence-corrected chi connectivity index (χ0v) is 21.2. The van der Waals surface area contributed by atoms with Crippen LogP contribution in [0, 0.1) is 19.8 Å². The Morgan fingerprint density at radius 1 is 1.00 bits per heavy atom. The molecule has 1 fully saturated rings. The normalized spacial score (nSPS) is 16.7. The Hall–Kier alpha value is -2.83. The maximum atomic E-state index is 6.16. The third kappa shape index (κ3) is 6.19. The van der Waals surface area contributed by atoms with Gasteiger partial charge >= 0.3 is 0 Å². The lowest BCUT2D eigenvalue weighted by Crippen LogP contribution is -2.19. The van der Waals surface area contributed by atoms with Crippen LogP contribution in [0.25, 0.3) is 0 Å². The van der Waals surface area contributed by atoms with E-state index in [9.17, 15) is 0 Å². The maximum Gasteiger partial charge on any atom is 0.229 e. The highest BCUT2D eigenvalue weighted by molar-refractivity contribution is 6.32. The zero-order chi connectivity index (χ0) is 24.1. The average Bonchev–Trinajstić information content (AvgIpc) is 3.03. The monoisotopic (exact) mass is 479 g/mol. The summed E-state index contributed by atoms with van der Waals surface area (Å²) in [5.41, 5.74) is 5.12. The first kappa shape index (κ1) is 24.3. The zero-order valence-electron chi connectivity index (χ0n) is 20.5. The van der Waals surface area contributed by atoms with Crippen molar-refractivity contribution in [1.82, 2.24) is 14.9 Å². The number of methoxy groups -OCH3 is 1. The van der Waals surface area contributed by atoms with Gasteiger partial charge in [0.1, 0.15) is 11.6 Å². The van der Waals surface area contributed by atoms with Gasteiger partial charge < -0.3 is 20.3 Å². The molecule has 34 heavy (non-hydrogen) atoms. The van der Waals surface area contributed by atoms with Crippen molar-refractivity contribution >= 4 is 34.7 Å². The second-order valence-electron chi connectivity index (χ2n) is 9.21. The fourth-order valence-electron chi connectivity index (χ4n) is 4.38. The Balaban J connectivity index is 1.45. The molecule has 1 aromatic heterocycles. The van der Waals surface area contributed by atoms with Gasteiger partial charge in [0.15, 0.2) is 0 Å². The van der Waals surface area contributed by atoms with E-state index in [0.29, 0.717) is 16.7 Å². The van der Waals surface area contributed by atoms with Crippen LogP contribution in [-0.2, 0) is 6.42 Å². The number of halogens is 1. The van der Waals surface area contributed by atoms with E-state index in [4.69, 9.17) is 21.3 Å². The van der Waals surface area contributed by atoms with E-state index < -0.39 is 0 Å². The molecule has 1 aliphatic heterocycles. The first-order valence-corrected chi connectivity index (χ1v) is 12.3. The predicted octanol–water partition coefficient (Wildman–Crippen LogP) is 6.52. The summed E-state index contributed by atoms with van der Waals surface area (Å²) in [6.07, 6.45) is 5.04. The molecule has 1 aliphatic rings. The van der Waals surface area contributed by atoms with E-state index in [2.05, 4.69) is 51.8 Å². The van der Waals surface area contributed by atoms with Gasteiger partial charge in [-0.15, -0.1) is 0 Å². The van der Waals surface area contributed by atoms with Gasteiger partial charge in [0.25, 0.3) is 0 Å². The van der Waals surface area contributed by atoms with Gasteiger partial charge in [-0.2, -0.15) is 4.98 Å².